The van der Waals surface area contributed by atoms with Crippen LogP contribution in [0.3, 0.4) is 0 Å². The molecule has 0 radical (unpaired) electrons. The number of aliphatic hydroxyl groups is 6. The van der Waals surface area contributed by atoms with Gasteiger partial charge in [-0.25, -0.2) is 0 Å². The van der Waals surface area contributed by atoms with Crippen LogP contribution in [0.15, 0.2) is 89.0 Å². The summed E-state index contributed by atoms with van der Waals surface area (Å²) >= 11 is 0. The van der Waals surface area contributed by atoms with E-state index in [1.54, 1.807) is 12.1 Å². The maximum atomic E-state index is 14.2. The summed E-state index contributed by atoms with van der Waals surface area (Å²) in [6, 6.07) is 11.8. The van der Waals surface area contributed by atoms with Gasteiger partial charge in [0.2, 0.25) is 6.29 Å². The molecule has 8 rings (SSSR count). The molecule has 2 heterocycles. The average molecular weight is 727 g/mol. The van der Waals surface area contributed by atoms with Crippen LogP contribution in [-0.2, 0) is 17.8 Å². The van der Waals surface area contributed by atoms with Crippen molar-refractivity contribution in [2.45, 2.75) is 81.8 Å². The third kappa shape index (κ3) is 5.83. The van der Waals surface area contributed by atoms with E-state index in [-0.39, 0.29) is 41.6 Å². The van der Waals surface area contributed by atoms with E-state index in [2.05, 4.69) is 5.32 Å². The fourth-order valence-corrected chi connectivity index (χ4v) is 10.0. The highest BCUT2D eigenvalue weighted by Crippen LogP contribution is 2.60. The number of Topliss-reactive ketones (excluding diaryl/α,β-unsaturated/α-hetero) is 2. The SMILES string of the molecule is NC1=CC2=C(CC[C@H]3CCC[C@@]23C[C@]2(O)[C@H](O)[C@@H](CO)O[C@@H](Oc3cccc4c3C(=O)[C@@H]3C(O)=CC(Cc5cccc(CO)c5)=C[C@@H]3C4=O)[C@@H]2O)CN1. The van der Waals surface area contributed by atoms with Crippen molar-refractivity contribution in [3.05, 3.63) is 111 Å². The average Bonchev–Trinajstić information content (AvgIpc) is 3.57. The number of aliphatic hydroxyl groups excluding tert-OH is 5. The normalized spacial score (nSPS) is 34.9. The highest BCUT2D eigenvalue weighted by atomic mass is 16.7. The molecule has 9 N–H and O–H groups in total. The van der Waals surface area contributed by atoms with Crippen LogP contribution in [0.25, 0.3) is 0 Å². The Bertz CT molecular complexity index is 1970. The number of hydrogen-bond acceptors (Lipinski definition) is 12. The molecule has 53 heavy (non-hydrogen) atoms. The second kappa shape index (κ2) is 13.5. The molecule has 2 aliphatic heterocycles. The number of ketones is 2. The molecule has 2 aromatic carbocycles. The van der Waals surface area contributed by atoms with E-state index in [0.717, 1.165) is 42.4 Å². The minimum atomic E-state index is -2.20. The van der Waals surface area contributed by atoms with Gasteiger partial charge in [0.25, 0.3) is 0 Å². The van der Waals surface area contributed by atoms with E-state index < -0.39 is 65.6 Å². The van der Waals surface area contributed by atoms with Gasteiger partial charge in [-0.05, 0) is 90.5 Å². The number of rotatable bonds is 8. The lowest BCUT2D eigenvalue weighted by Gasteiger charge is -2.53. The van der Waals surface area contributed by atoms with Crippen LogP contribution >= 0.6 is 0 Å². The number of ether oxygens (including phenoxy) is 2. The van der Waals surface area contributed by atoms with Gasteiger partial charge >= 0.3 is 0 Å². The van der Waals surface area contributed by atoms with Crippen LogP contribution < -0.4 is 15.8 Å². The number of nitrogens with one attached hydrogen (secondary N) is 1. The van der Waals surface area contributed by atoms with Gasteiger partial charge in [-0.1, -0.05) is 48.9 Å². The van der Waals surface area contributed by atoms with Gasteiger partial charge in [-0.2, -0.15) is 0 Å². The number of benzene rings is 2. The van der Waals surface area contributed by atoms with Gasteiger partial charge in [-0.3, -0.25) is 9.59 Å². The molecule has 1 saturated carbocycles. The summed E-state index contributed by atoms with van der Waals surface area (Å²) in [4.78, 5) is 28.2. The third-order valence-electron chi connectivity index (χ3n) is 12.5. The number of fused-ring (bicyclic) bond motifs is 4. The lowest BCUT2D eigenvalue weighted by atomic mass is 9.58. The molecule has 0 aromatic heterocycles. The van der Waals surface area contributed by atoms with Crippen LogP contribution in [0.4, 0.5) is 0 Å². The second-order valence-electron chi connectivity index (χ2n) is 15.5. The van der Waals surface area contributed by atoms with Gasteiger partial charge in [0, 0.05) is 17.5 Å². The monoisotopic (exact) mass is 726 g/mol. The number of dihydropyridines is 1. The van der Waals surface area contributed by atoms with Crippen molar-refractivity contribution in [3.63, 3.8) is 0 Å². The summed E-state index contributed by atoms with van der Waals surface area (Å²) in [5, 5.41) is 70.2. The Balaban J connectivity index is 1.10. The molecule has 1 saturated heterocycles. The van der Waals surface area contributed by atoms with E-state index in [1.165, 1.54) is 29.8 Å². The zero-order valence-corrected chi connectivity index (χ0v) is 29.3. The first-order valence-electron chi connectivity index (χ1n) is 18.4. The molecule has 9 atom stereocenters. The quantitative estimate of drug-likeness (QED) is 0.197. The Labute approximate surface area is 306 Å². The highest BCUT2D eigenvalue weighted by Gasteiger charge is 2.62. The van der Waals surface area contributed by atoms with Crippen molar-refractivity contribution in [1.82, 2.24) is 5.32 Å². The van der Waals surface area contributed by atoms with Crippen molar-refractivity contribution in [3.8, 4) is 5.75 Å². The van der Waals surface area contributed by atoms with Crippen molar-refractivity contribution in [2.75, 3.05) is 13.2 Å². The summed E-state index contributed by atoms with van der Waals surface area (Å²) in [5.74, 6) is -2.81. The lowest BCUT2D eigenvalue weighted by molar-refractivity contribution is -0.320. The number of carbonyl (C=O) groups is 2. The summed E-state index contributed by atoms with van der Waals surface area (Å²) in [5.41, 5.74) is 7.86. The van der Waals surface area contributed by atoms with E-state index in [9.17, 15) is 40.2 Å². The summed E-state index contributed by atoms with van der Waals surface area (Å²) < 4.78 is 12.1. The number of allylic oxidation sites excluding steroid dienone is 6. The molecule has 0 spiro atoms. The fraction of sp³-hybridized carbons (Fsp3) is 0.463. The molecule has 0 unspecified atom stereocenters. The van der Waals surface area contributed by atoms with Gasteiger partial charge in [-0.15, -0.1) is 0 Å². The van der Waals surface area contributed by atoms with E-state index >= 15 is 0 Å². The molecule has 6 aliphatic rings. The van der Waals surface area contributed by atoms with Crippen LogP contribution in [0.5, 0.6) is 5.75 Å². The zero-order chi connectivity index (χ0) is 37.2. The fourth-order valence-electron chi connectivity index (χ4n) is 10.0. The molecule has 280 valence electrons. The Hall–Kier alpha value is -4.30. The Morgan fingerprint density at radius 3 is 2.58 bits per heavy atom. The van der Waals surface area contributed by atoms with Crippen LogP contribution in [-0.4, -0.2) is 85.6 Å². The predicted molar refractivity (Wildman–Crippen MR) is 191 cm³/mol. The van der Waals surface area contributed by atoms with Gasteiger partial charge in [0.1, 0.15) is 35.4 Å². The molecule has 2 fully saturated rings. The maximum absolute atomic E-state index is 14.2. The molecule has 12 nitrogen and oxygen atoms in total. The minimum absolute atomic E-state index is 0.0406. The van der Waals surface area contributed by atoms with Gasteiger partial charge in [0.15, 0.2) is 11.6 Å². The van der Waals surface area contributed by atoms with Crippen molar-refractivity contribution in [2.24, 2.45) is 28.9 Å². The molecule has 12 heteroatoms. The van der Waals surface area contributed by atoms with Crippen LogP contribution in [0, 0.1) is 23.2 Å². The smallest absolute Gasteiger partial charge is 0.229 e. The van der Waals surface area contributed by atoms with Gasteiger partial charge < -0.3 is 51.2 Å². The third-order valence-corrected chi connectivity index (χ3v) is 12.5. The zero-order valence-electron chi connectivity index (χ0n) is 29.3. The molecular formula is C41H46N2O10. The van der Waals surface area contributed by atoms with Crippen LogP contribution in [0.2, 0.25) is 0 Å². The summed E-state index contributed by atoms with van der Waals surface area (Å²) in [7, 11) is 0. The Morgan fingerprint density at radius 2 is 1.79 bits per heavy atom. The largest absolute Gasteiger partial charge is 0.511 e. The van der Waals surface area contributed by atoms with Crippen LogP contribution in [0.1, 0.15) is 70.4 Å². The molecule has 4 aliphatic carbocycles. The van der Waals surface area contributed by atoms with Gasteiger partial charge in [0.05, 0.1) is 36.4 Å². The van der Waals surface area contributed by atoms with Crippen molar-refractivity contribution >= 4 is 11.6 Å². The Morgan fingerprint density at radius 1 is 1.00 bits per heavy atom. The lowest BCUT2D eigenvalue weighted by Crippen LogP contribution is -2.69. The maximum Gasteiger partial charge on any atom is 0.229 e. The Kier molecular flexibility index (Phi) is 9.11. The number of hydrogen-bond donors (Lipinski definition) is 8. The first kappa shape index (κ1) is 35.7. The molecule has 2 aromatic rings. The second-order valence-corrected chi connectivity index (χ2v) is 15.5. The van der Waals surface area contributed by atoms with E-state index in [0.29, 0.717) is 30.8 Å². The minimum Gasteiger partial charge on any atom is -0.511 e. The predicted octanol–water partition coefficient (Wildman–Crippen LogP) is 2.63. The van der Waals surface area contributed by atoms with Crippen molar-refractivity contribution in [1.29, 1.82) is 0 Å². The highest BCUT2D eigenvalue weighted by molar-refractivity contribution is 6.19. The first-order valence-corrected chi connectivity index (χ1v) is 18.4. The first-order chi connectivity index (χ1) is 25.5. The molecule has 0 bridgehead atoms. The standard InChI is InChI=1S/C41H46N2O10/c42-32-16-28-24(17-43-32)9-10-25-6-3-11-40(25,28)20-41(51)37(49)31(19-45)53-39(38(41)50)52-30-8-2-7-26-34(30)36(48)33-27(35(26)47)14-23(15-29(33)46)13-21-4-1-5-22(12-21)18-44/h1-2,4-5,7-8,12,14-16,25,27,31,33,37-39,43-46,49-51H,3,6,9-11,13,17-20,42H2/t25-,27+,31-,33+,37-,38+,39-,40+,41+/m1/s1. The summed E-state index contributed by atoms with van der Waals surface area (Å²) in [6.07, 6.45) is 3.21. The molecule has 0 amide bonds. The number of carbonyl (C=O) groups excluding carboxylic acids is 2. The number of nitrogens with two attached hydrogens (primary N) is 1. The molecular weight excluding hydrogens is 680 g/mol. The van der Waals surface area contributed by atoms with E-state index in [4.69, 9.17) is 15.2 Å². The van der Waals surface area contributed by atoms with E-state index in [1.807, 2.05) is 24.3 Å². The summed E-state index contributed by atoms with van der Waals surface area (Å²) in [6.45, 7) is -0.234. The topological polar surface area (TPSA) is 212 Å². The van der Waals surface area contributed by atoms with Crippen molar-refractivity contribution < 1.29 is 49.7 Å².